The highest BCUT2D eigenvalue weighted by Gasteiger charge is 2.53. The number of benzene rings is 1. The maximum absolute atomic E-state index is 13.6. The summed E-state index contributed by atoms with van der Waals surface area (Å²) in [4.78, 5) is 0. The van der Waals surface area contributed by atoms with Crippen LogP contribution in [0.2, 0.25) is 0 Å². The van der Waals surface area contributed by atoms with Gasteiger partial charge in [0.25, 0.3) is 0 Å². The third-order valence-corrected chi connectivity index (χ3v) is 4.37. The molecule has 0 bridgehead atoms. The number of aliphatic hydroxyl groups is 1. The molecule has 2 unspecified atom stereocenters. The molecule has 17 heavy (non-hydrogen) atoms. The Morgan fingerprint density at radius 1 is 1.24 bits per heavy atom. The van der Waals surface area contributed by atoms with E-state index in [4.69, 9.17) is 0 Å². The Bertz CT molecular complexity index is 434. The summed E-state index contributed by atoms with van der Waals surface area (Å²) in [6.45, 7) is 0.0793. The summed E-state index contributed by atoms with van der Waals surface area (Å²) in [7, 11) is 0. The molecule has 3 heteroatoms. The number of aliphatic hydroxyl groups excluding tert-OH is 1. The molecule has 1 aromatic rings. The predicted octanol–water partition coefficient (Wildman–Crippen LogP) is 2.92. The summed E-state index contributed by atoms with van der Waals surface area (Å²) in [6.07, 6.45) is 3.64. The van der Waals surface area contributed by atoms with Gasteiger partial charge in [-0.05, 0) is 66.7 Å². The van der Waals surface area contributed by atoms with E-state index >= 15 is 0 Å². The van der Waals surface area contributed by atoms with Gasteiger partial charge < -0.3 is 5.11 Å². The Morgan fingerprint density at radius 3 is 2.59 bits per heavy atom. The Kier molecular flexibility index (Phi) is 2.47. The quantitative estimate of drug-likeness (QED) is 0.858. The highest BCUT2D eigenvalue weighted by molar-refractivity contribution is 5.22. The molecule has 3 rings (SSSR count). The minimum absolute atomic E-state index is 0.0793. The van der Waals surface area contributed by atoms with E-state index in [-0.39, 0.29) is 17.8 Å². The van der Waals surface area contributed by atoms with E-state index in [0.29, 0.717) is 12.0 Å². The zero-order valence-corrected chi connectivity index (χ0v) is 9.63. The topological polar surface area (TPSA) is 20.2 Å². The second-order valence-corrected chi connectivity index (χ2v) is 5.73. The fourth-order valence-electron chi connectivity index (χ4n) is 3.42. The van der Waals surface area contributed by atoms with Gasteiger partial charge in [-0.15, -0.1) is 0 Å². The van der Waals surface area contributed by atoms with Gasteiger partial charge in [0.1, 0.15) is 11.6 Å². The largest absolute Gasteiger partial charge is 0.396 e. The van der Waals surface area contributed by atoms with Crippen molar-refractivity contribution in [3.63, 3.8) is 0 Å². The van der Waals surface area contributed by atoms with Gasteiger partial charge in [0.15, 0.2) is 0 Å². The Balaban J connectivity index is 1.83. The van der Waals surface area contributed by atoms with Crippen molar-refractivity contribution in [1.82, 2.24) is 0 Å². The third-order valence-electron chi connectivity index (χ3n) is 4.37. The first-order chi connectivity index (χ1) is 8.12. The first-order valence-electron chi connectivity index (χ1n) is 6.17. The fourth-order valence-corrected chi connectivity index (χ4v) is 3.42. The summed E-state index contributed by atoms with van der Waals surface area (Å²) in [5.41, 5.74) is 0.197. The van der Waals surface area contributed by atoms with Crippen LogP contribution in [0.15, 0.2) is 18.2 Å². The van der Waals surface area contributed by atoms with Crippen molar-refractivity contribution in [2.24, 2.45) is 17.3 Å². The van der Waals surface area contributed by atoms with Crippen LogP contribution in [0.1, 0.15) is 24.8 Å². The van der Waals surface area contributed by atoms with Crippen molar-refractivity contribution in [2.45, 2.75) is 25.7 Å². The van der Waals surface area contributed by atoms with E-state index in [1.54, 1.807) is 0 Å². The van der Waals surface area contributed by atoms with Crippen molar-refractivity contribution in [3.05, 3.63) is 35.4 Å². The Morgan fingerprint density at radius 2 is 1.94 bits per heavy atom. The van der Waals surface area contributed by atoms with Crippen LogP contribution in [0.25, 0.3) is 0 Å². The monoisotopic (exact) mass is 238 g/mol. The molecule has 92 valence electrons. The van der Waals surface area contributed by atoms with Crippen LogP contribution < -0.4 is 0 Å². The molecule has 0 saturated heterocycles. The van der Waals surface area contributed by atoms with Crippen molar-refractivity contribution in [3.8, 4) is 0 Å². The summed E-state index contributed by atoms with van der Waals surface area (Å²) in [5, 5.41) is 9.56. The molecule has 0 aliphatic heterocycles. The lowest BCUT2D eigenvalue weighted by atomic mass is 9.78. The second kappa shape index (κ2) is 3.77. The summed E-state index contributed by atoms with van der Waals surface area (Å²) in [6, 6.07) is 3.57. The van der Waals surface area contributed by atoms with E-state index < -0.39 is 5.82 Å². The van der Waals surface area contributed by atoms with Gasteiger partial charge >= 0.3 is 0 Å². The maximum atomic E-state index is 13.6. The van der Waals surface area contributed by atoms with E-state index in [9.17, 15) is 13.9 Å². The van der Waals surface area contributed by atoms with Gasteiger partial charge in [-0.25, -0.2) is 8.78 Å². The van der Waals surface area contributed by atoms with E-state index in [1.807, 2.05) is 0 Å². The first kappa shape index (κ1) is 11.1. The van der Waals surface area contributed by atoms with Gasteiger partial charge in [0.05, 0.1) is 0 Å². The molecule has 2 aliphatic rings. The smallest absolute Gasteiger partial charge is 0.126 e. The molecule has 2 fully saturated rings. The molecule has 2 atom stereocenters. The highest BCUT2D eigenvalue weighted by atomic mass is 19.1. The molecular weight excluding hydrogens is 222 g/mol. The first-order valence-corrected chi connectivity index (χ1v) is 6.17. The molecule has 2 saturated carbocycles. The molecule has 0 amide bonds. The molecule has 1 N–H and O–H groups in total. The Hall–Kier alpha value is -0.960. The van der Waals surface area contributed by atoms with Gasteiger partial charge in [-0.2, -0.15) is 0 Å². The molecule has 1 aromatic carbocycles. The van der Waals surface area contributed by atoms with Crippen LogP contribution in [0.3, 0.4) is 0 Å². The minimum Gasteiger partial charge on any atom is -0.396 e. The van der Waals surface area contributed by atoms with Crippen molar-refractivity contribution in [2.75, 3.05) is 6.61 Å². The van der Waals surface area contributed by atoms with Gasteiger partial charge in [0.2, 0.25) is 0 Å². The summed E-state index contributed by atoms with van der Waals surface area (Å²) >= 11 is 0. The molecule has 0 aromatic heterocycles. The molecule has 2 aliphatic carbocycles. The second-order valence-electron chi connectivity index (χ2n) is 5.73. The number of halogens is 2. The SMILES string of the molecule is OCC1(Cc2cc(F)ccc2F)CC2CC2C1. The van der Waals surface area contributed by atoms with E-state index in [0.717, 1.165) is 30.7 Å². The van der Waals surface area contributed by atoms with Gasteiger partial charge in [-0.1, -0.05) is 0 Å². The molecule has 0 heterocycles. The summed E-state index contributed by atoms with van der Waals surface area (Å²) < 4.78 is 26.7. The van der Waals surface area contributed by atoms with Crippen molar-refractivity contribution in [1.29, 1.82) is 0 Å². The standard InChI is InChI=1S/C14H16F2O/c15-12-1-2-13(16)11(4-12)7-14(8-17)5-9-3-10(9)6-14/h1-2,4,9-10,17H,3,5-8H2. The van der Waals surface area contributed by atoms with Crippen molar-refractivity contribution < 1.29 is 13.9 Å². The van der Waals surface area contributed by atoms with Crippen LogP contribution in [0, 0.1) is 28.9 Å². The minimum atomic E-state index is -0.405. The summed E-state index contributed by atoms with van der Waals surface area (Å²) in [5.74, 6) is 0.676. The third kappa shape index (κ3) is 1.97. The number of fused-ring (bicyclic) bond motifs is 1. The Labute approximate surface area is 99.5 Å². The molecule has 0 spiro atoms. The average molecular weight is 238 g/mol. The maximum Gasteiger partial charge on any atom is 0.126 e. The molecular formula is C14H16F2O. The number of hydrogen-bond acceptors (Lipinski definition) is 1. The van der Waals surface area contributed by atoms with Gasteiger partial charge in [-0.3, -0.25) is 0 Å². The normalized spacial score (nSPS) is 34.8. The van der Waals surface area contributed by atoms with Crippen LogP contribution in [0.4, 0.5) is 8.78 Å². The van der Waals surface area contributed by atoms with E-state index in [2.05, 4.69) is 0 Å². The van der Waals surface area contributed by atoms with Crippen LogP contribution >= 0.6 is 0 Å². The lowest BCUT2D eigenvalue weighted by Gasteiger charge is -2.28. The molecule has 0 radical (unpaired) electrons. The molecule has 1 nitrogen and oxygen atoms in total. The number of hydrogen-bond donors (Lipinski definition) is 1. The van der Waals surface area contributed by atoms with Crippen LogP contribution in [-0.4, -0.2) is 11.7 Å². The van der Waals surface area contributed by atoms with Gasteiger partial charge in [0, 0.05) is 6.61 Å². The van der Waals surface area contributed by atoms with Crippen molar-refractivity contribution >= 4 is 0 Å². The lowest BCUT2D eigenvalue weighted by molar-refractivity contribution is 0.116. The zero-order valence-electron chi connectivity index (χ0n) is 9.63. The number of rotatable bonds is 3. The zero-order chi connectivity index (χ0) is 12.0. The fraction of sp³-hybridized carbons (Fsp3) is 0.571. The van der Waals surface area contributed by atoms with Crippen LogP contribution in [-0.2, 0) is 6.42 Å². The average Bonchev–Trinajstić information content (AvgIpc) is 2.92. The lowest BCUT2D eigenvalue weighted by Crippen LogP contribution is -2.27. The predicted molar refractivity (Wildman–Crippen MR) is 60.4 cm³/mol. The van der Waals surface area contributed by atoms with Crippen LogP contribution in [0.5, 0.6) is 0 Å². The van der Waals surface area contributed by atoms with E-state index in [1.165, 1.54) is 18.6 Å². The highest BCUT2D eigenvalue weighted by Crippen LogP contribution is 2.60.